The molecule has 0 aliphatic rings. The van der Waals surface area contributed by atoms with Crippen LogP contribution in [0.4, 0.5) is 13.9 Å². The maximum Gasteiger partial charge on any atom is 0.268 e. The molecule has 7 nitrogen and oxygen atoms in total. The molecule has 2 aromatic carbocycles. The van der Waals surface area contributed by atoms with E-state index in [4.69, 9.17) is 9.47 Å². The van der Waals surface area contributed by atoms with Gasteiger partial charge in [0.2, 0.25) is 5.13 Å². The number of halogens is 2. The Bertz CT molecular complexity index is 1200. The fourth-order valence-electron chi connectivity index (χ4n) is 2.61. The highest BCUT2D eigenvalue weighted by atomic mass is 32.1. The van der Waals surface area contributed by atoms with Gasteiger partial charge in [0.1, 0.15) is 23.3 Å². The summed E-state index contributed by atoms with van der Waals surface area (Å²) in [6.07, 6.45) is 2.09. The van der Waals surface area contributed by atoms with Gasteiger partial charge in [0.25, 0.3) is 5.91 Å². The number of benzene rings is 2. The van der Waals surface area contributed by atoms with Crippen molar-refractivity contribution in [3.05, 3.63) is 69.7 Å². The van der Waals surface area contributed by atoms with Gasteiger partial charge in [-0.2, -0.15) is 5.26 Å². The summed E-state index contributed by atoms with van der Waals surface area (Å²) in [7, 11) is 1.44. The van der Waals surface area contributed by atoms with Crippen molar-refractivity contribution in [1.29, 1.82) is 5.26 Å². The first-order valence-corrected chi connectivity index (χ1v) is 10.3. The molecule has 1 heterocycles. The van der Waals surface area contributed by atoms with Crippen molar-refractivity contribution in [3.63, 3.8) is 0 Å². The molecule has 1 N–H and O–H groups in total. The molecule has 10 heteroatoms. The Morgan fingerprint density at radius 3 is 2.66 bits per heavy atom. The lowest BCUT2D eigenvalue weighted by Gasteiger charge is -2.12. The minimum Gasteiger partial charge on any atom is -0.493 e. The molecular formula is C22H18F2N4O3S. The van der Waals surface area contributed by atoms with Crippen LogP contribution in [-0.4, -0.2) is 23.2 Å². The van der Waals surface area contributed by atoms with E-state index in [0.717, 1.165) is 17.1 Å². The van der Waals surface area contributed by atoms with Crippen molar-refractivity contribution in [3.8, 4) is 17.6 Å². The SMILES string of the molecule is CCc1nnc(NC(=O)C(C#N)=Cc2ccc(OCc3ccc(F)c(F)c3)c(OC)c2)s1. The Labute approximate surface area is 186 Å². The van der Waals surface area contributed by atoms with Crippen molar-refractivity contribution >= 4 is 28.5 Å². The zero-order chi connectivity index (χ0) is 23.1. The van der Waals surface area contributed by atoms with Crippen LogP contribution in [0.2, 0.25) is 0 Å². The molecule has 32 heavy (non-hydrogen) atoms. The Kier molecular flexibility index (Phi) is 7.46. The van der Waals surface area contributed by atoms with E-state index in [1.54, 1.807) is 18.2 Å². The zero-order valence-corrected chi connectivity index (χ0v) is 18.0. The Morgan fingerprint density at radius 2 is 2.00 bits per heavy atom. The number of nitrogens with one attached hydrogen (secondary N) is 1. The predicted molar refractivity (Wildman–Crippen MR) is 115 cm³/mol. The van der Waals surface area contributed by atoms with Crippen LogP contribution < -0.4 is 14.8 Å². The van der Waals surface area contributed by atoms with Gasteiger partial charge in [-0.25, -0.2) is 8.78 Å². The van der Waals surface area contributed by atoms with Gasteiger partial charge in [0.05, 0.1) is 7.11 Å². The fraction of sp³-hybridized carbons (Fsp3) is 0.182. The van der Waals surface area contributed by atoms with Crippen molar-refractivity contribution in [2.45, 2.75) is 20.0 Å². The quantitative estimate of drug-likeness (QED) is 0.396. The lowest BCUT2D eigenvalue weighted by Crippen LogP contribution is -2.13. The van der Waals surface area contributed by atoms with E-state index < -0.39 is 17.5 Å². The second-order valence-electron chi connectivity index (χ2n) is 6.43. The number of aromatic nitrogens is 2. The van der Waals surface area contributed by atoms with Gasteiger partial charge >= 0.3 is 0 Å². The van der Waals surface area contributed by atoms with Crippen molar-refractivity contribution in [2.75, 3.05) is 12.4 Å². The van der Waals surface area contributed by atoms with E-state index in [1.165, 1.54) is 30.6 Å². The second-order valence-corrected chi connectivity index (χ2v) is 7.49. The van der Waals surface area contributed by atoms with Gasteiger partial charge in [-0.1, -0.05) is 30.4 Å². The number of nitriles is 1. The highest BCUT2D eigenvalue weighted by Gasteiger charge is 2.14. The maximum absolute atomic E-state index is 13.4. The minimum absolute atomic E-state index is 0.00377. The number of carbonyl (C=O) groups is 1. The van der Waals surface area contributed by atoms with Gasteiger partial charge in [0.15, 0.2) is 23.1 Å². The van der Waals surface area contributed by atoms with Crippen molar-refractivity contribution in [1.82, 2.24) is 10.2 Å². The number of rotatable bonds is 8. The third-order valence-electron chi connectivity index (χ3n) is 4.23. The summed E-state index contributed by atoms with van der Waals surface area (Å²) in [5.41, 5.74) is 0.845. The highest BCUT2D eigenvalue weighted by molar-refractivity contribution is 7.15. The van der Waals surface area contributed by atoms with Crippen molar-refractivity contribution in [2.24, 2.45) is 0 Å². The lowest BCUT2D eigenvalue weighted by atomic mass is 10.1. The van der Waals surface area contributed by atoms with Gasteiger partial charge in [-0.15, -0.1) is 10.2 Å². The number of anilines is 1. The second kappa shape index (κ2) is 10.5. The number of hydrogen-bond donors (Lipinski definition) is 1. The molecule has 0 unspecified atom stereocenters. The number of carbonyl (C=O) groups excluding carboxylic acids is 1. The molecule has 1 amide bonds. The molecule has 0 aliphatic carbocycles. The summed E-state index contributed by atoms with van der Waals surface area (Å²) in [5, 5.41) is 20.8. The normalized spacial score (nSPS) is 11.0. The van der Waals surface area contributed by atoms with E-state index >= 15 is 0 Å². The smallest absolute Gasteiger partial charge is 0.268 e. The molecule has 3 rings (SSSR count). The molecule has 3 aromatic rings. The summed E-state index contributed by atoms with van der Waals surface area (Å²) in [5.74, 6) is -1.80. The third kappa shape index (κ3) is 5.65. The van der Waals surface area contributed by atoms with Crippen LogP contribution >= 0.6 is 11.3 Å². The summed E-state index contributed by atoms with van der Waals surface area (Å²) < 4.78 is 37.4. The summed E-state index contributed by atoms with van der Waals surface area (Å²) in [6.45, 7) is 1.92. The number of methoxy groups -OCH3 is 1. The first kappa shape index (κ1) is 22.8. The summed E-state index contributed by atoms with van der Waals surface area (Å²) in [6, 6.07) is 10.2. The number of nitrogens with zero attached hydrogens (tertiary/aromatic N) is 3. The lowest BCUT2D eigenvalue weighted by molar-refractivity contribution is -0.112. The van der Waals surface area contributed by atoms with Crippen LogP contribution in [0.25, 0.3) is 6.08 Å². The van der Waals surface area contributed by atoms with Gasteiger partial charge in [-0.3, -0.25) is 10.1 Å². The largest absolute Gasteiger partial charge is 0.493 e. The predicted octanol–water partition coefficient (Wildman–Crippen LogP) is 4.51. The fourth-order valence-corrected chi connectivity index (χ4v) is 3.28. The molecule has 0 atom stereocenters. The summed E-state index contributed by atoms with van der Waals surface area (Å²) in [4.78, 5) is 12.4. The molecular weight excluding hydrogens is 438 g/mol. The maximum atomic E-state index is 13.4. The van der Waals surface area contributed by atoms with Gasteiger partial charge < -0.3 is 9.47 Å². The Morgan fingerprint density at radius 1 is 1.19 bits per heavy atom. The first-order valence-electron chi connectivity index (χ1n) is 9.43. The average Bonchev–Trinajstić information content (AvgIpc) is 3.25. The third-order valence-corrected chi connectivity index (χ3v) is 5.21. The van der Waals surface area contributed by atoms with Crippen LogP contribution in [-0.2, 0) is 17.8 Å². The van der Waals surface area contributed by atoms with Crippen LogP contribution in [0, 0.1) is 23.0 Å². The molecule has 0 radical (unpaired) electrons. The highest BCUT2D eigenvalue weighted by Crippen LogP contribution is 2.30. The Balaban J connectivity index is 1.74. The zero-order valence-electron chi connectivity index (χ0n) is 17.2. The van der Waals surface area contributed by atoms with E-state index in [9.17, 15) is 18.8 Å². The topological polar surface area (TPSA) is 97.1 Å². The molecule has 0 bridgehead atoms. The molecule has 0 fully saturated rings. The molecule has 0 aliphatic heterocycles. The first-order chi connectivity index (χ1) is 15.4. The van der Waals surface area contributed by atoms with E-state index in [2.05, 4.69) is 15.5 Å². The minimum atomic E-state index is -0.958. The van der Waals surface area contributed by atoms with Crippen molar-refractivity contribution < 1.29 is 23.0 Å². The molecule has 0 spiro atoms. The Hall–Kier alpha value is -3.84. The number of hydrogen-bond acceptors (Lipinski definition) is 7. The van der Waals surface area contributed by atoms with E-state index in [1.807, 2.05) is 13.0 Å². The van der Waals surface area contributed by atoms with Crippen LogP contribution in [0.5, 0.6) is 11.5 Å². The molecule has 0 saturated heterocycles. The molecule has 0 saturated carbocycles. The molecule has 1 aromatic heterocycles. The average molecular weight is 456 g/mol. The molecule has 164 valence electrons. The monoisotopic (exact) mass is 456 g/mol. The van der Waals surface area contributed by atoms with Gasteiger partial charge in [-0.05, 0) is 47.9 Å². The van der Waals surface area contributed by atoms with E-state index in [0.29, 0.717) is 34.2 Å². The number of aryl methyl sites for hydroxylation is 1. The standard InChI is InChI=1S/C22H18F2N4O3S/c1-3-20-27-28-22(32-20)26-21(29)15(11-25)8-13-5-7-18(19(10-13)30-2)31-12-14-4-6-16(23)17(24)9-14/h4-10H,3,12H2,1-2H3,(H,26,28,29). The van der Waals surface area contributed by atoms with Crippen LogP contribution in [0.3, 0.4) is 0 Å². The number of ether oxygens (including phenoxy) is 2. The number of amides is 1. The summed E-state index contributed by atoms with van der Waals surface area (Å²) >= 11 is 1.24. The van der Waals surface area contributed by atoms with Gasteiger partial charge in [0, 0.05) is 0 Å². The van der Waals surface area contributed by atoms with E-state index in [-0.39, 0.29) is 12.2 Å². The van der Waals surface area contributed by atoms with Crippen LogP contribution in [0.15, 0.2) is 42.0 Å². The van der Waals surface area contributed by atoms with Crippen LogP contribution in [0.1, 0.15) is 23.1 Å².